The summed E-state index contributed by atoms with van der Waals surface area (Å²) < 4.78 is 0. The van der Waals surface area contributed by atoms with Crippen molar-refractivity contribution in [1.29, 1.82) is 0 Å². The van der Waals surface area contributed by atoms with E-state index in [2.05, 4.69) is 43.4 Å². The highest BCUT2D eigenvalue weighted by Gasteiger charge is 2.28. The van der Waals surface area contributed by atoms with Gasteiger partial charge in [0.25, 0.3) is 5.91 Å². The summed E-state index contributed by atoms with van der Waals surface area (Å²) >= 11 is 1.73. The number of hydrogen-bond acceptors (Lipinski definition) is 3. The lowest BCUT2D eigenvalue weighted by Gasteiger charge is -2.32. The Bertz CT molecular complexity index is 1170. The Hall–Kier alpha value is -3.31. The number of thioether (sulfide) groups is 1. The van der Waals surface area contributed by atoms with Gasteiger partial charge in [-0.15, -0.1) is 0 Å². The number of fused-ring (bicyclic) bond motifs is 1. The molecule has 0 unspecified atom stereocenters. The molecule has 4 rings (SSSR count). The van der Waals surface area contributed by atoms with Crippen molar-refractivity contribution in [1.82, 2.24) is 0 Å². The first-order valence-corrected chi connectivity index (χ1v) is 10.9. The van der Waals surface area contributed by atoms with E-state index in [1.807, 2.05) is 30.3 Å². The van der Waals surface area contributed by atoms with Crippen LogP contribution in [0.15, 0.2) is 83.8 Å². The van der Waals surface area contributed by atoms with Crippen LogP contribution >= 0.6 is 11.8 Å². The third-order valence-corrected chi connectivity index (χ3v) is 6.55. The number of anilines is 1. The predicted octanol–water partition coefficient (Wildman–Crippen LogP) is 6.45. The molecule has 1 aliphatic carbocycles. The number of carbonyl (C=O) groups excluding carboxylic acids is 1. The number of carboxylic acids is 1. The fourth-order valence-electron chi connectivity index (χ4n) is 3.66. The van der Waals surface area contributed by atoms with Crippen LogP contribution in [-0.4, -0.2) is 17.0 Å². The third-order valence-electron chi connectivity index (χ3n) is 5.43. The van der Waals surface area contributed by atoms with Gasteiger partial charge in [0.15, 0.2) is 0 Å². The van der Waals surface area contributed by atoms with E-state index in [0.29, 0.717) is 11.3 Å². The summed E-state index contributed by atoms with van der Waals surface area (Å²) in [5, 5.41) is 12.0. The minimum atomic E-state index is -1.01. The lowest BCUT2D eigenvalue weighted by atomic mass is 9.76. The number of carboxylic acid groups (broad SMARTS) is 1. The van der Waals surface area contributed by atoms with Gasteiger partial charge in [-0.1, -0.05) is 56.0 Å². The molecule has 0 fully saturated rings. The average molecular weight is 430 g/mol. The highest BCUT2D eigenvalue weighted by atomic mass is 32.2. The Morgan fingerprint density at radius 2 is 1.61 bits per heavy atom. The van der Waals surface area contributed by atoms with Crippen LogP contribution in [0.5, 0.6) is 0 Å². The normalized spacial score (nSPS) is 14.3. The third kappa shape index (κ3) is 4.57. The fraction of sp³-hybridized carbons (Fsp3) is 0.154. The molecule has 1 aliphatic rings. The molecule has 0 aromatic heterocycles. The second-order valence-electron chi connectivity index (χ2n) is 8.17. The summed E-state index contributed by atoms with van der Waals surface area (Å²) in [5.74, 6) is -1.28. The van der Waals surface area contributed by atoms with Crippen molar-refractivity contribution < 1.29 is 14.7 Å². The van der Waals surface area contributed by atoms with Crippen molar-refractivity contribution in [3.63, 3.8) is 0 Å². The molecule has 0 spiro atoms. The quantitative estimate of drug-likeness (QED) is 0.489. The molecule has 0 aliphatic heterocycles. The maximum atomic E-state index is 12.7. The standard InChI is InChI=1S/C26H23NO3S/c1-26(2)15-14-23(31-20-6-4-3-5-7-20)21-16-19(12-13-22(21)26)27-24(28)17-8-10-18(11-9-17)25(29)30/h3-14,16H,15H2,1-2H3,(H,27,28)(H,29,30). The molecular weight excluding hydrogens is 406 g/mol. The van der Waals surface area contributed by atoms with Gasteiger partial charge in [0.05, 0.1) is 5.56 Å². The zero-order valence-corrected chi connectivity index (χ0v) is 18.2. The van der Waals surface area contributed by atoms with Gasteiger partial charge < -0.3 is 10.4 Å². The van der Waals surface area contributed by atoms with Crippen LogP contribution < -0.4 is 5.32 Å². The zero-order chi connectivity index (χ0) is 22.0. The van der Waals surface area contributed by atoms with Crippen molar-refractivity contribution in [3.05, 3.63) is 101 Å². The minimum Gasteiger partial charge on any atom is -0.478 e. The van der Waals surface area contributed by atoms with E-state index in [1.165, 1.54) is 39.6 Å². The smallest absolute Gasteiger partial charge is 0.335 e. The van der Waals surface area contributed by atoms with Crippen LogP contribution in [0.2, 0.25) is 0 Å². The molecule has 5 heteroatoms. The molecule has 156 valence electrons. The Labute approximate surface area is 186 Å². The summed E-state index contributed by atoms with van der Waals surface area (Å²) in [5.41, 5.74) is 3.69. The number of allylic oxidation sites excluding steroid dienone is 1. The van der Waals surface area contributed by atoms with Crippen LogP contribution in [-0.2, 0) is 5.41 Å². The van der Waals surface area contributed by atoms with Crippen LogP contribution in [0.4, 0.5) is 5.69 Å². The van der Waals surface area contributed by atoms with E-state index >= 15 is 0 Å². The highest BCUT2D eigenvalue weighted by molar-refractivity contribution is 8.08. The molecule has 1 amide bonds. The molecule has 3 aromatic carbocycles. The largest absolute Gasteiger partial charge is 0.478 e. The lowest BCUT2D eigenvalue weighted by Crippen LogP contribution is -2.21. The first-order chi connectivity index (χ1) is 14.8. The molecule has 0 atom stereocenters. The highest BCUT2D eigenvalue weighted by Crippen LogP contribution is 2.46. The topological polar surface area (TPSA) is 66.4 Å². The first kappa shape index (κ1) is 20.9. The lowest BCUT2D eigenvalue weighted by molar-refractivity contribution is 0.0696. The number of benzene rings is 3. The average Bonchev–Trinajstić information content (AvgIpc) is 2.76. The first-order valence-electron chi connectivity index (χ1n) is 10.1. The molecule has 2 N–H and O–H groups in total. The van der Waals surface area contributed by atoms with Crippen LogP contribution in [0.3, 0.4) is 0 Å². The van der Waals surface area contributed by atoms with E-state index in [4.69, 9.17) is 5.11 Å². The molecule has 0 heterocycles. The molecule has 0 saturated heterocycles. The van der Waals surface area contributed by atoms with Crippen molar-refractivity contribution in [2.45, 2.75) is 30.6 Å². The summed E-state index contributed by atoms with van der Waals surface area (Å²) in [6.07, 6.45) is 3.23. The van der Waals surface area contributed by atoms with Crippen molar-refractivity contribution in [3.8, 4) is 0 Å². The fourth-order valence-corrected chi connectivity index (χ4v) is 4.66. The van der Waals surface area contributed by atoms with E-state index in [9.17, 15) is 9.59 Å². The number of carbonyl (C=O) groups is 2. The Morgan fingerprint density at radius 1 is 0.935 bits per heavy atom. The van der Waals surface area contributed by atoms with Crippen molar-refractivity contribution in [2.24, 2.45) is 0 Å². The zero-order valence-electron chi connectivity index (χ0n) is 17.4. The minimum absolute atomic E-state index is 0.0191. The number of amides is 1. The number of hydrogen-bond donors (Lipinski definition) is 2. The molecule has 0 saturated carbocycles. The maximum Gasteiger partial charge on any atom is 0.335 e. The van der Waals surface area contributed by atoms with Gasteiger partial charge in [-0.05, 0) is 71.5 Å². The Morgan fingerprint density at radius 3 is 2.29 bits per heavy atom. The molecule has 3 aromatic rings. The number of rotatable bonds is 5. The molecule has 0 bridgehead atoms. The molecule has 31 heavy (non-hydrogen) atoms. The van der Waals surface area contributed by atoms with Gasteiger partial charge in [-0.3, -0.25) is 4.79 Å². The molecule has 4 nitrogen and oxygen atoms in total. The molecule has 0 radical (unpaired) electrons. The number of nitrogens with one attached hydrogen (secondary N) is 1. The van der Waals surface area contributed by atoms with Gasteiger partial charge in [-0.2, -0.15) is 0 Å². The summed E-state index contributed by atoms with van der Waals surface area (Å²) in [6, 6.07) is 22.2. The van der Waals surface area contributed by atoms with Crippen LogP contribution in [0.1, 0.15) is 52.1 Å². The monoisotopic (exact) mass is 429 g/mol. The van der Waals surface area contributed by atoms with Crippen molar-refractivity contribution in [2.75, 3.05) is 5.32 Å². The van der Waals surface area contributed by atoms with Gasteiger partial charge in [0.2, 0.25) is 0 Å². The second-order valence-corrected chi connectivity index (χ2v) is 9.28. The Balaban J connectivity index is 1.61. The van der Waals surface area contributed by atoms with E-state index in [1.54, 1.807) is 11.8 Å². The summed E-state index contributed by atoms with van der Waals surface area (Å²) in [6.45, 7) is 4.46. The predicted molar refractivity (Wildman–Crippen MR) is 126 cm³/mol. The van der Waals surface area contributed by atoms with Crippen LogP contribution in [0.25, 0.3) is 4.91 Å². The van der Waals surface area contributed by atoms with Crippen molar-refractivity contribution >= 4 is 34.2 Å². The SMILES string of the molecule is CC1(C)CC=C(Sc2ccccc2)c2cc(NC(=O)c3ccc(C(=O)O)cc3)ccc21. The summed E-state index contributed by atoms with van der Waals surface area (Å²) in [4.78, 5) is 26.1. The van der Waals surface area contributed by atoms with Gasteiger partial charge in [0.1, 0.15) is 0 Å². The number of aromatic carboxylic acids is 1. The van der Waals surface area contributed by atoms with Gasteiger partial charge >= 0.3 is 5.97 Å². The van der Waals surface area contributed by atoms with E-state index in [0.717, 1.165) is 12.0 Å². The second kappa shape index (κ2) is 8.44. The Kier molecular flexibility index (Phi) is 5.70. The van der Waals surface area contributed by atoms with Gasteiger partial charge in [0, 0.05) is 21.1 Å². The maximum absolute atomic E-state index is 12.7. The van der Waals surface area contributed by atoms with Crippen LogP contribution in [0, 0.1) is 0 Å². The van der Waals surface area contributed by atoms with E-state index in [-0.39, 0.29) is 16.9 Å². The van der Waals surface area contributed by atoms with Gasteiger partial charge in [-0.25, -0.2) is 4.79 Å². The summed E-state index contributed by atoms with van der Waals surface area (Å²) in [7, 11) is 0. The molecular formula is C26H23NO3S. The van der Waals surface area contributed by atoms with E-state index < -0.39 is 5.97 Å².